The second kappa shape index (κ2) is 6.74. The first-order valence-electron chi connectivity index (χ1n) is 7.48. The van der Waals surface area contributed by atoms with Crippen molar-refractivity contribution in [3.8, 4) is 17.2 Å². The molecular weight excluding hydrogens is 372 g/mol. The second-order valence-electron chi connectivity index (χ2n) is 5.50. The van der Waals surface area contributed by atoms with Gasteiger partial charge in [0.1, 0.15) is 29.5 Å². The van der Waals surface area contributed by atoms with Gasteiger partial charge in [0.2, 0.25) is 0 Å². The first-order chi connectivity index (χ1) is 12.7. The molecule has 11 heteroatoms. The van der Waals surface area contributed by atoms with Crippen LogP contribution in [0.4, 0.5) is 17.6 Å². The summed E-state index contributed by atoms with van der Waals surface area (Å²) in [5.41, 5.74) is -2.07. The van der Waals surface area contributed by atoms with E-state index in [-0.39, 0.29) is 11.3 Å². The monoisotopic (exact) mass is 384 g/mol. The van der Waals surface area contributed by atoms with Crippen molar-refractivity contribution in [2.24, 2.45) is 7.05 Å². The van der Waals surface area contributed by atoms with Gasteiger partial charge in [-0.2, -0.15) is 22.5 Å². The second-order valence-corrected chi connectivity index (χ2v) is 5.50. The number of halogens is 4. The molecule has 0 spiro atoms. The van der Waals surface area contributed by atoms with Crippen molar-refractivity contribution < 1.29 is 27.4 Å². The molecule has 0 atom stereocenters. The normalized spacial score (nSPS) is 11.6. The van der Waals surface area contributed by atoms with Crippen molar-refractivity contribution in [2.45, 2.75) is 12.8 Å². The Hall–Kier alpha value is -3.37. The number of aromatic hydroxyl groups is 1. The summed E-state index contributed by atoms with van der Waals surface area (Å²) in [6.07, 6.45) is -4.78. The average molecular weight is 384 g/mol. The Bertz CT molecular complexity index is 1040. The van der Waals surface area contributed by atoms with Gasteiger partial charge in [-0.3, -0.25) is 0 Å². The number of rotatable bonds is 4. The highest BCUT2D eigenvalue weighted by Gasteiger charge is 2.35. The van der Waals surface area contributed by atoms with E-state index < -0.39 is 41.4 Å². The lowest BCUT2D eigenvalue weighted by molar-refractivity contribution is -0.139. The molecule has 7 nitrogen and oxygen atoms in total. The molecular formula is C16H12F4N4O3. The van der Waals surface area contributed by atoms with Crippen LogP contribution in [0.1, 0.15) is 11.1 Å². The Morgan fingerprint density at radius 3 is 2.56 bits per heavy atom. The van der Waals surface area contributed by atoms with Gasteiger partial charge in [-0.15, -0.1) is 0 Å². The van der Waals surface area contributed by atoms with Gasteiger partial charge in [-0.05, 0) is 40.8 Å². The lowest BCUT2D eigenvalue weighted by atomic mass is 10.1. The van der Waals surface area contributed by atoms with Crippen LogP contribution < -0.4 is 10.4 Å². The third-order valence-corrected chi connectivity index (χ3v) is 3.68. The van der Waals surface area contributed by atoms with Crippen molar-refractivity contribution in [2.75, 3.05) is 0 Å². The molecule has 142 valence electrons. The van der Waals surface area contributed by atoms with Gasteiger partial charge < -0.3 is 9.84 Å². The Balaban J connectivity index is 1.99. The molecule has 0 fully saturated rings. The van der Waals surface area contributed by atoms with E-state index in [2.05, 4.69) is 10.4 Å². The minimum Gasteiger partial charge on any atom is -0.508 e. The van der Waals surface area contributed by atoms with E-state index in [0.29, 0.717) is 6.07 Å². The van der Waals surface area contributed by atoms with Crippen molar-refractivity contribution in [1.29, 1.82) is 0 Å². The molecule has 0 aliphatic rings. The number of hydrogen-bond donors (Lipinski definition) is 1. The number of hydrogen-bond acceptors (Lipinski definition) is 5. The summed E-state index contributed by atoms with van der Waals surface area (Å²) in [7, 11) is 1.34. The van der Waals surface area contributed by atoms with E-state index in [1.54, 1.807) is 0 Å². The van der Waals surface area contributed by atoms with E-state index in [1.165, 1.54) is 19.2 Å². The molecule has 1 heterocycles. The van der Waals surface area contributed by atoms with Gasteiger partial charge in [0.25, 0.3) is 0 Å². The molecule has 0 radical (unpaired) electrons. The molecule has 3 rings (SSSR count). The number of phenols is 1. The third-order valence-electron chi connectivity index (χ3n) is 3.68. The molecule has 0 unspecified atom stereocenters. The maximum Gasteiger partial charge on any atom is 0.420 e. The van der Waals surface area contributed by atoms with Crippen LogP contribution in [0.3, 0.4) is 0 Å². The molecule has 0 bridgehead atoms. The molecule has 0 saturated carbocycles. The molecule has 3 aromatic rings. The smallest absolute Gasteiger partial charge is 0.420 e. The summed E-state index contributed by atoms with van der Waals surface area (Å²) in [4.78, 5) is 12.0. The topological polar surface area (TPSA) is 82.2 Å². The summed E-state index contributed by atoms with van der Waals surface area (Å²) in [5, 5.41) is 16.4. The lowest BCUT2D eigenvalue weighted by Gasteiger charge is -2.15. The Kier molecular flexibility index (Phi) is 4.60. The molecule has 27 heavy (non-hydrogen) atoms. The van der Waals surface area contributed by atoms with Gasteiger partial charge in [0.15, 0.2) is 0 Å². The standard InChI is InChI=1S/C16H12F4N4O3/c1-23-15(26)24(22-21-23)13-4-2-3-12(17)10(13)8-27-14-6-5-9(25)7-11(14)16(18,19)20/h2-7,25H,8H2,1H3. The minimum atomic E-state index is -4.78. The molecule has 0 aliphatic carbocycles. The number of benzene rings is 2. The maximum atomic E-state index is 14.3. The fourth-order valence-corrected chi connectivity index (χ4v) is 2.37. The average Bonchev–Trinajstić information content (AvgIpc) is 2.93. The summed E-state index contributed by atoms with van der Waals surface area (Å²) in [5.74, 6) is -1.98. The third kappa shape index (κ3) is 3.61. The Morgan fingerprint density at radius 2 is 1.93 bits per heavy atom. The number of nitrogens with zero attached hydrogens (tertiary/aromatic N) is 4. The van der Waals surface area contributed by atoms with Gasteiger partial charge >= 0.3 is 11.9 Å². The lowest BCUT2D eigenvalue weighted by Crippen LogP contribution is -2.23. The van der Waals surface area contributed by atoms with Crippen LogP contribution in [-0.4, -0.2) is 24.9 Å². The zero-order chi connectivity index (χ0) is 19.8. The first-order valence-corrected chi connectivity index (χ1v) is 7.48. The van der Waals surface area contributed by atoms with E-state index in [9.17, 15) is 27.5 Å². The van der Waals surface area contributed by atoms with Crippen molar-refractivity contribution in [1.82, 2.24) is 19.8 Å². The number of ether oxygens (including phenoxy) is 1. The van der Waals surface area contributed by atoms with Crippen LogP contribution in [-0.2, 0) is 19.8 Å². The highest BCUT2D eigenvalue weighted by Crippen LogP contribution is 2.38. The van der Waals surface area contributed by atoms with Crippen LogP contribution in [0.2, 0.25) is 0 Å². The molecule has 1 N–H and O–H groups in total. The molecule has 0 amide bonds. The molecule has 0 aliphatic heterocycles. The van der Waals surface area contributed by atoms with Crippen molar-refractivity contribution in [3.05, 3.63) is 63.8 Å². The zero-order valence-corrected chi connectivity index (χ0v) is 13.7. The van der Waals surface area contributed by atoms with E-state index in [0.717, 1.165) is 27.6 Å². The predicted octanol–water partition coefficient (Wildman–Crippen LogP) is 2.41. The predicted molar refractivity (Wildman–Crippen MR) is 84.0 cm³/mol. The summed E-state index contributed by atoms with van der Waals surface area (Å²) >= 11 is 0. The van der Waals surface area contributed by atoms with E-state index in [4.69, 9.17) is 4.74 Å². The largest absolute Gasteiger partial charge is 0.508 e. The first kappa shape index (κ1) is 18.4. The highest BCUT2D eigenvalue weighted by atomic mass is 19.4. The molecule has 1 aromatic heterocycles. The summed E-state index contributed by atoms with van der Waals surface area (Å²) < 4.78 is 60.4. The van der Waals surface area contributed by atoms with Crippen LogP contribution >= 0.6 is 0 Å². The maximum absolute atomic E-state index is 14.3. The SMILES string of the molecule is Cn1nnn(-c2cccc(F)c2COc2ccc(O)cc2C(F)(F)F)c1=O. The fourth-order valence-electron chi connectivity index (χ4n) is 2.37. The molecule has 0 saturated heterocycles. The van der Waals surface area contributed by atoms with Crippen molar-refractivity contribution >= 4 is 0 Å². The van der Waals surface area contributed by atoms with Crippen molar-refractivity contribution in [3.63, 3.8) is 0 Å². The minimum absolute atomic E-state index is 0.0135. The number of aromatic nitrogens is 4. The van der Waals surface area contributed by atoms with E-state index in [1.807, 2.05) is 0 Å². The number of phenolic OH excluding ortho intramolecular Hbond substituents is 1. The van der Waals surface area contributed by atoms with Crippen LogP contribution in [0, 0.1) is 5.82 Å². The quantitative estimate of drug-likeness (QED) is 0.699. The Morgan fingerprint density at radius 1 is 1.19 bits per heavy atom. The van der Waals surface area contributed by atoms with Crippen LogP contribution in [0.15, 0.2) is 41.2 Å². The summed E-state index contributed by atoms with van der Waals surface area (Å²) in [6, 6.07) is 6.19. The number of tetrazole rings is 1. The summed E-state index contributed by atoms with van der Waals surface area (Å²) in [6.45, 7) is -0.612. The van der Waals surface area contributed by atoms with Gasteiger partial charge in [0.05, 0.1) is 11.3 Å². The highest BCUT2D eigenvalue weighted by molar-refractivity contribution is 5.43. The number of alkyl halides is 3. The number of aryl methyl sites for hydroxylation is 1. The Labute approximate surface area is 149 Å². The van der Waals surface area contributed by atoms with Crippen LogP contribution in [0.25, 0.3) is 5.69 Å². The van der Waals surface area contributed by atoms with Gasteiger partial charge in [0, 0.05) is 7.05 Å². The van der Waals surface area contributed by atoms with Crippen LogP contribution in [0.5, 0.6) is 11.5 Å². The van der Waals surface area contributed by atoms with Gasteiger partial charge in [-0.1, -0.05) is 6.07 Å². The van der Waals surface area contributed by atoms with Gasteiger partial charge in [-0.25, -0.2) is 9.18 Å². The zero-order valence-electron chi connectivity index (χ0n) is 13.7. The molecule has 2 aromatic carbocycles. The van der Waals surface area contributed by atoms with E-state index >= 15 is 0 Å². The fraction of sp³-hybridized carbons (Fsp3) is 0.188.